The number of rotatable bonds is 3. The molecule has 0 heteroatoms. The summed E-state index contributed by atoms with van der Waals surface area (Å²) in [6.07, 6.45) is 2.88. The van der Waals surface area contributed by atoms with E-state index in [0.717, 1.165) is 6.42 Å². The van der Waals surface area contributed by atoms with E-state index in [1.54, 1.807) is 0 Å². The lowest BCUT2D eigenvalue weighted by atomic mass is 10.0. The van der Waals surface area contributed by atoms with Crippen molar-refractivity contribution >= 4 is 0 Å². The van der Waals surface area contributed by atoms with Crippen LogP contribution in [0.2, 0.25) is 0 Å². The highest BCUT2D eigenvalue weighted by Crippen LogP contribution is 2.16. The molecule has 14 heavy (non-hydrogen) atoms. The zero-order valence-electron chi connectivity index (χ0n) is 11.2. The summed E-state index contributed by atoms with van der Waals surface area (Å²) in [5.74, 6) is 0. The van der Waals surface area contributed by atoms with Crippen LogP contribution in [0.4, 0.5) is 0 Å². The van der Waals surface area contributed by atoms with Crippen molar-refractivity contribution < 1.29 is 0 Å². The first-order chi connectivity index (χ1) is 6.63. The maximum absolute atomic E-state index is 3.94. The molecule has 0 atom stereocenters. The Morgan fingerprint density at radius 3 is 1.50 bits per heavy atom. The first-order valence-corrected chi connectivity index (χ1v) is 5.61. The van der Waals surface area contributed by atoms with Gasteiger partial charge in [0.1, 0.15) is 0 Å². The first-order valence-electron chi connectivity index (χ1n) is 5.61. The lowest BCUT2D eigenvalue weighted by molar-refractivity contribution is 1.11. The minimum atomic E-state index is 1.01. The molecule has 0 unspecified atom stereocenters. The van der Waals surface area contributed by atoms with Crippen molar-refractivity contribution in [3.05, 3.63) is 36.0 Å². The molecule has 84 valence electrons. The fourth-order valence-electron chi connectivity index (χ4n) is 0.892. The van der Waals surface area contributed by atoms with Crippen LogP contribution in [0.15, 0.2) is 36.0 Å². The molecule has 0 aliphatic heterocycles. The van der Waals surface area contributed by atoms with E-state index < -0.39 is 0 Å². The summed E-state index contributed by atoms with van der Waals surface area (Å²) in [4.78, 5) is 0. The highest BCUT2D eigenvalue weighted by Gasteiger charge is 1.96. The van der Waals surface area contributed by atoms with Gasteiger partial charge in [0.15, 0.2) is 0 Å². The summed E-state index contributed by atoms with van der Waals surface area (Å²) < 4.78 is 0. The Balaban J connectivity index is -0.000000266. The second-order valence-electron chi connectivity index (χ2n) is 2.57. The molecule has 0 heterocycles. The molecule has 0 amide bonds. The predicted octanol–water partition coefficient (Wildman–Crippen LogP) is 5.53. The second-order valence-corrected chi connectivity index (χ2v) is 2.57. The standard InChI is InChI=1S/C10H16.2C2H6/c1-6-9(5)10(7-2)8(3)4;2*1-2/h7H,2,5-6H2,1,3-4H3;2*1-2H3. The van der Waals surface area contributed by atoms with Crippen LogP contribution in [0.1, 0.15) is 54.9 Å². The third kappa shape index (κ3) is 9.31. The van der Waals surface area contributed by atoms with Gasteiger partial charge >= 0.3 is 0 Å². The van der Waals surface area contributed by atoms with E-state index in [0.29, 0.717) is 0 Å². The van der Waals surface area contributed by atoms with Crippen LogP contribution in [0.3, 0.4) is 0 Å². The molecular formula is C14H28. The molecule has 0 saturated carbocycles. The molecule has 0 spiro atoms. The van der Waals surface area contributed by atoms with Gasteiger partial charge in [0.05, 0.1) is 0 Å². The largest absolute Gasteiger partial charge is 0.0985 e. The summed E-state index contributed by atoms with van der Waals surface area (Å²) in [7, 11) is 0. The minimum absolute atomic E-state index is 1.01. The molecule has 0 bridgehead atoms. The van der Waals surface area contributed by atoms with Gasteiger partial charge in [-0.15, -0.1) is 0 Å². The Kier molecular flexibility index (Phi) is 19.9. The SMILES string of the molecule is C=CC(C(=C)CC)=C(C)C.CC.CC. The van der Waals surface area contributed by atoms with Crippen molar-refractivity contribution in [1.29, 1.82) is 0 Å². The van der Waals surface area contributed by atoms with Crippen molar-refractivity contribution in [3.8, 4) is 0 Å². The normalized spacial score (nSPS) is 7.07. The highest BCUT2D eigenvalue weighted by atomic mass is 14.0. The van der Waals surface area contributed by atoms with Crippen LogP contribution in [-0.2, 0) is 0 Å². The Hall–Kier alpha value is -0.780. The van der Waals surface area contributed by atoms with Crippen LogP contribution in [0.5, 0.6) is 0 Å². The van der Waals surface area contributed by atoms with Crippen LogP contribution < -0.4 is 0 Å². The fraction of sp³-hybridized carbons (Fsp3) is 0.571. The molecule has 0 rings (SSSR count). The maximum Gasteiger partial charge on any atom is -0.0250 e. The predicted molar refractivity (Wildman–Crippen MR) is 70.7 cm³/mol. The van der Waals surface area contributed by atoms with Crippen molar-refractivity contribution in [2.24, 2.45) is 0 Å². The van der Waals surface area contributed by atoms with Crippen molar-refractivity contribution in [2.75, 3.05) is 0 Å². The van der Waals surface area contributed by atoms with Gasteiger partial charge in [0.2, 0.25) is 0 Å². The third-order valence-corrected chi connectivity index (χ3v) is 1.55. The van der Waals surface area contributed by atoms with E-state index in [1.165, 1.54) is 16.7 Å². The van der Waals surface area contributed by atoms with Crippen LogP contribution >= 0.6 is 0 Å². The van der Waals surface area contributed by atoms with Gasteiger partial charge in [-0.3, -0.25) is 0 Å². The fourth-order valence-corrected chi connectivity index (χ4v) is 0.892. The van der Waals surface area contributed by atoms with Crippen LogP contribution in [0, 0.1) is 0 Å². The molecule has 0 nitrogen and oxygen atoms in total. The Labute approximate surface area is 91.4 Å². The first kappa shape index (κ1) is 18.9. The van der Waals surface area contributed by atoms with Gasteiger partial charge in [-0.25, -0.2) is 0 Å². The van der Waals surface area contributed by atoms with Gasteiger partial charge in [0, 0.05) is 0 Å². The maximum atomic E-state index is 3.94. The van der Waals surface area contributed by atoms with Crippen molar-refractivity contribution in [2.45, 2.75) is 54.9 Å². The average Bonchev–Trinajstić information content (AvgIpc) is 2.24. The molecule has 0 aromatic rings. The Morgan fingerprint density at radius 1 is 1.07 bits per heavy atom. The van der Waals surface area contributed by atoms with E-state index >= 15 is 0 Å². The number of hydrogen-bond donors (Lipinski definition) is 0. The second kappa shape index (κ2) is 14.7. The molecule has 0 aliphatic carbocycles. The van der Waals surface area contributed by atoms with Crippen LogP contribution in [0.25, 0.3) is 0 Å². The quantitative estimate of drug-likeness (QED) is 0.521. The zero-order valence-corrected chi connectivity index (χ0v) is 11.2. The average molecular weight is 196 g/mol. The van der Waals surface area contributed by atoms with E-state index in [2.05, 4.69) is 33.9 Å². The van der Waals surface area contributed by atoms with Crippen molar-refractivity contribution in [3.63, 3.8) is 0 Å². The van der Waals surface area contributed by atoms with Gasteiger partial charge in [-0.2, -0.15) is 0 Å². The summed E-state index contributed by atoms with van der Waals surface area (Å²) in [5, 5.41) is 0. The zero-order chi connectivity index (χ0) is 12.1. The van der Waals surface area contributed by atoms with E-state index in [1.807, 2.05) is 33.8 Å². The van der Waals surface area contributed by atoms with E-state index in [4.69, 9.17) is 0 Å². The summed E-state index contributed by atoms with van der Waals surface area (Å²) in [5.41, 5.74) is 3.68. The van der Waals surface area contributed by atoms with Gasteiger partial charge in [-0.05, 0) is 31.4 Å². The molecule has 0 saturated heterocycles. The molecule has 0 aliphatic rings. The van der Waals surface area contributed by atoms with E-state index in [-0.39, 0.29) is 0 Å². The van der Waals surface area contributed by atoms with Crippen LogP contribution in [-0.4, -0.2) is 0 Å². The summed E-state index contributed by atoms with van der Waals surface area (Å²) >= 11 is 0. The molecule has 0 fully saturated rings. The molecule has 0 N–H and O–H groups in total. The number of allylic oxidation sites excluding steroid dienone is 4. The summed E-state index contributed by atoms with van der Waals surface area (Å²) in [6, 6.07) is 0. The van der Waals surface area contributed by atoms with Crippen molar-refractivity contribution in [1.82, 2.24) is 0 Å². The number of hydrogen-bond acceptors (Lipinski definition) is 0. The molecule has 0 radical (unpaired) electrons. The van der Waals surface area contributed by atoms with Gasteiger partial charge in [0.25, 0.3) is 0 Å². The Bertz CT molecular complexity index is 166. The summed E-state index contributed by atoms with van der Waals surface area (Å²) in [6.45, 7) is 21.9. The molecule has 0 aromatic carbocycles. The topological polar surface area (TPSA) is 0 Å². The lowest BCUT2D eigenvalue weighted by Gasteiger charge is -2.04. The lowest BCUT2D eigenvalue weighted by Crippen LogP contribution is -1.84. The highest BCUT2D eigenvalue weighted by molar-refractivity contribution is 5.39. The smallest absolute Gasteiger partial charge is 0.0250 e. The van der Waals surface area contributed by atoms with Gasteiger partial charge < -0.3 is 0 Å². The monoisotopic (exact) mass is 196 g/mol. The van der Waals surface area contributed by atoms with Gasteiger partial charge in [-0.1, -0.05) is 59.4 Å². The molecule has 0 aromatic heterocycles. The molecular weight excluding hydrogens is 168 g/mol. The minimum Gasteiger partial charge on any atom is -0.0985 e. The Morgan fingerprint density at radius 2 is 1.43 bits per heavy atom. The van der Waals surface area contributed by atoms with E-state index in [9.17, 15) is 0 Å². The third-order valence-electron chi connectivity index (χ3n) is 1.55.